The van der Waals surface area contributed by atoms with Crippen molar-refractivity contribution in [2.24, 2.45) is 0 Å². The van der Waals surface area contributed by atoms with E-state index >= 15 is 0 Å². The van der Waals surface area contributed by atoms with Gasteiger partial charge in [-0.2, -0.15) is 0 Å². The number of ether oxygens (including phenoxy) is 3. The summed E-state index contributed by atoms with van der Waals surface area (Å²) in [4.78, 5) is 14.0. The molecule has 0 aliphatic rings. The maximum Gasteiger partial charge on any atom is 0.410 e. The number of carbonyl (C=O) groups is 1. The first-order valence-electron chi connectivity index (χ1n) is 8.11. The van der Waals surface area contributed by atoms with Gasteiger partial charge in [0.25, 0.3) is 0 Å². The number of rotatable bonds is 9. The lowest BCUT2D eigenvalue weighted by Gasteiger charge is -2.35. The summed E-state index contributed by atoms with van der Waals surface area (Å²) < 4.78 is 16.9. The normalized spacial score (nSPS) is 15.2. The van der Waals surface area contributed by atoms with Gasteiger partial charge in [0.15, 0.2) is 0 Å². The largest absolute Gasteiger partial charge is 0.444 e. The van der Waals surface area contributed by atoms with Crippen molar-refractivity contribution in [3.8, 4) is 0 Å². The van der Waals surface area contributed by atoms with Gasteiger partial charge >= 0.3 is 6.09 Å². The number of halogens is 1. The van der Waals surface area contributed by atoms with E-state index in [-0.39, 0.29) is 11.7 Å². The van der Waals surface area contributed by atoms with Crippen LogP contribution in [0.2, 0.25) is 0 Å². The number of hydrogen-bond acceptors (Lipinski definition) is 4. The molecule has 23 heavy (non-hydrogen) atoms. The SMILES string of the molecule is CCN(CC(C)(CBr)OCCC(C)(C)OC)C(=O)OC(C)(C)C. The highest BCUT2D eigenvalue weighted by Gasteiger charge is 2.31. The van der Waals surface area contributed by atoms with E-state index < -0.39 is 11.2 Å². The Kier molecular flexibility index (Phi) is 9.10. The minimum Gasteiger partial charge on any atom is -0.444 e. The van der Waals surface area contributed by atoms with Gasteiger partial charge in [-0.15, -0.1) is 0 Å². The number of alkyl halides is 1. The van der Waals surface area contributed by atoms with Gasteiger partial charge in [-0.05, 0) is 54.9 Å². The Morgan fingerprint density at radius 2 is 1.70 bits per heavy atom. The summed E-state index contributed by atoms with van der Waals surface area (Å²) in [6.45, 7) is 15.2. The molecule has 0 N–H and O–H groups in total. The second-order valence-corrected chi connectivity index (χ2v) is 8.20. The van der Waals surface area contributed by atoms with Crippen LogP contribution in [0.25, 0.3) is 0 Å². The third-order valence-corrected chi connectivity index (χ3v) is 4.73. The number of amides is 1. The molecule has 0 spiro atoms. The van der Waals surface area contributed by atoms with Crippen molar-refractivity contribution in [3.63, 3.8) is 0 Å². The Bertz CT molecular complexity index is 368. The molecule has 0 aromatic heterocycles. The molecule has 0 heterocycles. The maximum atomic E-state index is 12.3. The second-order valence-electron chi connectivity index (χ2n) is 7.64. The fraction of sp³-hybridized carbons (Fsp3) is 0.941. The van der Waals surface area contributed by atoms with E-state index in [4.69, 9.17) is 14.2 Å². The molecule has 1 atom stereocenters. The zero-order valence-electron chi connectivity index (χ0n) is 16.0. The fourth-order valence-corrected chi connectivity index (χ4v) is 2.15. The Balaban J connectivity index is 4.70. The fourth-order valence-electron chi connectivity index (χ4n) is 1.81. The van der Waals surface area contributed by atoms with Gasteiger partial charge in [0.2, 0.25) is 0 Å². The number of likely N-dealkylation sites (N-methyl/N-ethyl adjacent to an activating group) is 1. The number of carbonyl (C=O) groups excluding carboxylic acids is 1. The highest BCUT2D eigenvalue weighted by molar-refractivity contribution is 9.09. The summed E-state index contributed by atoms with van der Waals surface area (Å²) in [5.74, 6) is 0. The zero-order valence-corrected chi connectivity index (χ0v) is 17.6. The molecular formula is C17H34BrNO4. The second kappa shape index (κ2) is 9.23. The van der Waals surface area contributed by atoms with Crippen molar-refractivity contribution < 1.29 is 19.0 Å². The summed E-state index contributed by atoms with van der Waals surface area (Å²) >= 11 is 3.50. The average Bonchev–Trinajstić information content (AvgIpc) is 2.42. The van der Waals surface area contributed by atoms with Gasteiger partial charge in [-0.3, -0.25) is 0 Å². The van der Waals surface area contributed by atoms with E-state index in [1.807, 2.05) is 48.5 Å². The molecule has 0 aliphatic carbocycles. The third kappa shape index (κ3) is 9.52. The summed E-state index contributed by atoms with van der Waals surface area (Å²) in [6.07, 6.45) is 0.470. The van der Waals surface area contributed by atoms with E-state index in [0.29, 0.717) is 25.0 Å². The molecule has 0 radical (unpaired) electrons. The number of nitrogens with zero attached hydrogens (tertiary/aromatic N) is 1. The van der Waals surface area contributed by atoms with Crippen LogP contribution in [-0.4, -0.2) is 59.9 Å². The summed E-state index contributed by atoms with van der Waals surface area (Å²) in [6, 6.07) is 0. The average molecular weight is 396 g/mol. The molecule has 0 saturated carbocycles. The Morgan fingerprint density at radius 1 is 1.13 bits per heavy atom. The molecule has 1 unspecified atom stereocenters. The number of hydrogen-bond donors (Lipinski definition) is 0. The van der Waals surface area contributed by atoms with Crippen LogP contribution < -0.4 is 0 Å². The molecule has 5 nitrogen and oxygen atoms in total. The Labute approximate surface area is 150 Å². The van der Waals surface area contributed by atoms with Crippen LogP contribution >= 0.6 is 15.9 Å². The molecule has 0 aromatic carbocycles. The van der Waals surface area contributed by atoms with Crippen molar-refractivity contribution in [2.45, 2.75) is 71.7 Å². The first-order chi connectivity index (χ1) is 10.4. The van der Waals surface area contributed by atoms with Crippen LogP contribution in [-0.2, 0) is 14.2 Å². The van der Waals surface area contributed by atoms with Crippen LogP contribution in [0.1, 0.15) is 54.9 Å². The van der Waals surface area contributed by atoms with Crippen LogP contribution in [0.5, 0.6) is 0 Å². The van der Waals surface area contributed by atoms with Crippen LogP contribution in [0.4, 0.5) is 4.79 Å². The molecule has 0 bridgehead atoms. The Morgan fingerprint density at radius 3 is 2.09 bits per heavy atom. The molecular weight excluding hydrogens is 362 g/mol. The molecule has 0 fully saturated rings. The molecule has 0 aliphatic heterocycles. The Hall–Kier alpha value is -0.330. The van der Waals surface area contributed by atoms with E-state index in [1.54, 1.807) is 12.0 Å². The van der Waals surface area contributed by atoms with E-state index in [0.717, 1.165) is 6.42 Å². The molecule has 0 rings (SSSR count). The predicted octanol–water partition coefficient (Wildman–Crippen LogP) is 4.23. The van der Waals surface area contributed by atoms with Gasteiger partial charge in [-0.1, -0.05) is 15.9 Å². The lowest BCUT2D eigenvalue weighted by Crippen LogP contribution is -2.48. The van der Waals surface area contributed by atoms with Gasteiger partial charge in [0.05, 0.1) is 24.4 Å². The van der Waals surface area contributed by atoms with Crippen molar-refractivity contribution in [1.29, 1.82) is 0 Å². The van der Waals surface area contributed by atoms with E-state index in [2.05, 4.69) is 15.9 Å². The third-order valence-electron chi connectivity index (χ3n) is 3.55. The van der Waals surface area contributed by atoms with Gasteiger partial charge < -0.3 is 19.1 Å². The van der Waals surface area contributed by atoms with Crippen LogP contribution in [0.15, 0.2) is 0 Å². The molecule has 0 saturated heterocycles. The summed E-state index contributed by atoms with van der Waals surface area (Å²) in [5.41, 5.74) is -1.20. The molecule has 6 heteroatoms. The van der Waals surface area contributed by atoms with Gasteiger partial charge in [0, 0.05) is 19.0 Å². The molecule has 138 valence electrons. The molecule has 1 amide bonds. The van der Waals surface area contributed by atoms with E-state index in [9.17, 15) is 4.79 Å². The van der Waals surface area contributed by atoms with Crippen molar-refractivity contribution >= 4 is 22.0 Å². The van der Waals surface area contributed by atoms with Gasteiger partial charge in [0.1, 0.15) is 5.60 Å². The minimum atomic E-state index is -0.501. The smallest absolute Gasteiger partial charge is 0.410 e. The zero-order chi connectivity index (χ0) is 18.3. The van der Waals surface area contributed by atoms with E-state index in [1.165, 1.54) is 0 Å². The number of methoxy groups -OCH3 is 1. The monoisotopic (exact) mass is 395 g/mol. The first kappa shape index (κ1) is 22.7. The lowest BCUT2D eigenvalue weighted by molar-refractivity contribution is -0.0686. The minimum absolute atomic E-state index is 0.219. The van der Waals surface area contributed by atoms with Crippen LogP contribution in [0, 0.1) is 0 Å². The maximum absolute atomic E-state index is 12.3. The van der Waals surface area contributed by atoms with Crippen molar-refractivity contribution in [3.05, 3.63) is 0 Å². The van der Waals surface area contributed by atoms with Gasteiger partial charge in [-0.25, -0.2) is 4.79 Å². The first-order valence-corrected chi connectivity index (χ1v) is 9.23. The highest BCUT2D eigenvalue weighted by Crippen LogP contribution is 2.21. The summed E-state index contributed by atoms with van der Waals surface area (Å²) in [7, 11) is 1.70. The van der Waals surface area contributed by atoms with Crippen molar-refractivity contribution in [2.75, 3.05) is 32.1 Å². The quantitative estimate of drug-likeness (QED) is 0.548. The topological polar surface area (TPSA) is 48.0 Å². The van der Waals surface area contributed by atoms with Crippen LogP contribution in [0.3, 0.4) is 0 Å². The highest BCUT2D eigenvalue weighted by atomic mass is 79.9. The lowest BCUT2D eigenvalue weighted by atomic mass is 10.1. The summed E-state index contributed by atoms with van der Waals surface area (Å²) in [5, 5.41) is 0.632. The molecule has 0 aromatic rings. The standard InChI is InChI=1S/C17H34BrNO4/c1-9-19(14(20)23-15(2,3)4)13-17(7,12-18)22-11-10-16(5,6)21-8/h9-13H2,1-8H3. The predicted molar refractivity (Wildman–Crippen MR) is 97.3 cm³/mol. The van der Waals surface area contributed by atoms with Crippen molar-refractivity contribution in [1.82, 2.24) is 4.90 Å².